The molecule has 29 heavy (non-hydrogen) atoms. The van der Waals surface area contributed by atoms with Crippen LogP contribution in [0.15, 0.2) is 36.4 Å². The molecule has 2 aromatic rings. The zero-order valence-corrected chi connectivity index (χ0v) is 17.2. The van der Waals surface area contributed by atoms with E-state index in [-0.39, 0.29) is 17.5 Å². The monoisotopic (exact) mass is 437 g/mol. The molecule has 1 N–H and O–H groups in total. The largest absolute Gasteiger partial charge is 0.452 e. The number of nitrogens with zero attached hydrogens (tertiary/aromatic N) is 2. The first-order valence-corrected chi connectivity index (χ1v) is 11.1. The predicted octanol–water partition coefficient (Wildman–Crippen LogP) is 2.40. The molecule has 1 atom stereocenters. The van der Waals surface area contributed by atoms with Crippen LogP contribution in [0.4, 0.5) is 5.82 Å². The summed E-state index contributed by atoms with van der Waals surface area (Å²) in [5, 5.41) is 7.45. The average molecular weight is 438 g/mol. The van der Waals surface area contributed by atoms with Crippen LogP contribution in [0.5, 0.6) is 0 Å². The van der Waals surface area contributed by atoms with Crippen LogP contribution in [0.25, 0.3) is 6.08 Å². The van der Waals surface area contributed by atoms with E-state index in [2.05, 4.69) is 10.4 Å². The summed E-state index contributed by atoms with van der Waals surface area (Å²) in [7, 11) is -3.09. The van der Waals surface area contributed by atoms with Gasteiger partial charge in [0.1, 0.15) is 5.82 Å². The third-order valence-electron chi connectivity index (χ3n) is 4.29. The van der Waals surface area contributed by atoms with Crippen molar-refractivity contribution in [2.75, 3.05) is 23.4 Å². The highest BCUT2D eigenvalue weighted by atomic mass is 35.5. The van der Waals surface area contributed by atoms with E-state index in [1.165, 1.54) is 16.8 Å². The first-order chi connectivity index (χ1) is 13.7. The van der Waals surface area contributed by atoms with E-state index in [4.69, 9.17) is 16.3 Å². The van der Waals surface area contributed by atoms with Gasteiger partial charge in [-0.2, -0.15) is 5.10 Å². The zero-order chi connectivity index (χ0) is 21.0. The predicted molar refractivity (Wildman–Crippen MR) is 109 cm³/mol. The number of aromatic nitrogens is 2. The molecule has 2 heterocycles. The van der Waals surface area contributed by atoms with Gasteiger partial charge in [-0.1, -0.05) is 23.7 Å². The van der Waals surface area contributed by atoms with Crippen molar-refractivity contribution in [3.8, 4) is 0 Å². The summed E-state index contributed by atoms with van der Waals surface area (Å²) >= 11 is 5.87. The number of aryl methyl sites for hydroxylation is 1. The number of carbonyl (C=O) groups excluding carboxylic acids is 2. The number of anilines is 1. The molecule has 1 aromatic heterocycles. The topological polar surface area (TPSA) is 107 Å². The van der Waals surface area contributed by atoms with E-state index in [1.807, 2.05) is 0 Å². The van der Waals surface area contributed by atoms with Crippen molar-refractivity contribution >= 4 is 45.2 Å². The summed E-state index contributed by atoms with van der Waals surface area (Å²) in [6, 6.07) is 8.24. The number of nitrogens with one attached hydrogen (secondary N) is 1. The van der Waals surface area contributed by atoms with Crippen molar-refractivity contribution in [1.29, 1.82) is 0 Å². The molecular formula is C19H20ClN3O5S. The number of hydrogen-bond acceptors (Lipinski definition) is 6. The van der Waals surface area contributed by atoms with Crippen LogP contribution < -0.4 is 5.32 Å². The van der Waals surface area contributed by atoms with Crippen LogP contribution in [0.3, 0.4) is 0 Å². The first-order valence-electron chi connectivity index (χ1n) is 8.89. The summed E-state index contributed by atoms with van der Waals surface area (Å²) in [5.74, 6) is -0.760. The van der Waals surface area contributed by atoms with Crippen molar-refractivity contribution in [2.24, 2.45) is 0 Å². The number of carbonyl (C=O) groups is 2. The van der Waals surface area contributed by atoms with Gasteiger partial charge in [0.2, 0.25) is 0 Å². The second-order valence-electron chi connectivity index (χ2n) is 6.72. The van der Waals surface area contributed by atoms with Crippen molar-refractivity contribution in [1.82, 2.24) is 9.78 Å². The minimum atomic E-state index is -3.09. The minimum absolute atomic E-state index is 0.0136. The molecule has 1 aliphatic heterocycles. The molecule has 1 saturated heterocycles. The third-order valence-corrected chi connectivity index (χ3v) is 6.27. The third kappa shape index (κ3) is 5.91. The Labute approximate surface area is 173 Å². The molecule has 1 aliphatic rings. The fraction of sp³-hybridized carbons (Fsp3) is 0.316. The number of halogens is 1. The normalized spacial score (nSPS) is 18.1. The fourth-order valence-corrected chi connectivity index (χ4v) is 4.89. The molecule has 0 spiro atoms. The molecule has 0 saturated carbocycles. The summed E-state index contributed by atoms with van der Waals surface area (Å²) in [5.41, 5.74) is 1.37. The fourth-order valence-electron chi connectivity index (χ4n) is 2.99. The molecule has 0 radical (unpaired) electrons. The molecule has 3 rings (SSSR count). The molecule has 0 aliphatic carbocycles. The Morgan fingerprint density at radius 3 is 2.86 bits per heavy atom. The van der Waals surface area contributed by atoms with Gasteiger partial charge in [-0.3, -0.25) is 4.79 Å². The van der Waals surface area contributed by atoms with E-state index >= 15 is 0 Å². The average Bonchev–Trinajstić information content (AvgIpc) is 3.19. The maximum atomic E-state index is 12.2. The van der Waals surface area contributed by atoms with Crippen molar-refractivity contribution < 1.29 is 22.7 Å². The molecular weight excluding hydrogens is 418 g/mol. The van der Waals surface area contributed by atoms with E-state index in [9.17, 15) is 18.0 Å². The van der Waals surface area contributed by atoms with E-state index in [1.54, 1.807) is 37.3 Å². The zero-order valence-electron chi connectivity index (χ0n) is 15.7. The van der Waals surface area contributed by atoms with Crippen molar-refractivity contribution in [2.45, 2.75) is 19.4 Å². The lowest BCUT2D eigenvalue weighted by Crippen LogP contribution is -2.23. The highest BCUT2D eigenvalue weighted by Crippen LogP contribution is 2.27. The van der Waals surface area contributed by atoms with Gasteiger partial charge in [0.25, 0.3) is 5.91 Å². The van der Waals surface area contributed by atoms with Crippen molar-refractivity contribution in [3.63, 3.8) is 0 Å². The number of ether oxygens (including phenoxy) is 1. The molecule has 0 bridgehead atoms. The summed E-state index contributed by atoms with van der Waals surface area (Å²) in [6.07, 6.45) is 3.18. The maximum Gasteiger partial charge on any atom is 0.331 e. The minimum Gasteiger partial charge on any atom is -0.452 e. The lowest BCUT2D eigenvalue weighted by atomic mass is 10.2. The molecule has 8 nitrogen and oxygen atoms in total. The van der Waals surface area contributed by atoms with Gasteiger partial charge >= 0.3 is 5.97 Å². The summed E-state index contributed by atoms with van der Waals surface area (Å²) in [4.78, 5) is 24.0. The standard InChI is InChI=1S/C19H20ClN3O5S/c1-13-9-17(23(22-13)16-7-8-29(26,27)12-16)21-18(24)11-28-19(25)6-5-14-3-2-4-15(20)10-14/h2-6,9-10,16H,7-8,11-12H2,1H3,(H,21,24)/b6-5+. The van der Waals surface area contributed by atoms with Crippen LogP contribution in [0.2, 0.25) is 5.02 Å². The first kappa shape index (κ1) is 21.1. The molecule has 10 heteroatoms. The number of benzene rings is 1. The van der Waals surface area contributed by atoms with Gasteiger partial charge in [-0.05, 0) is 37.1 Å². The highest BCUT2D eigenvalue weighted by Gasteiger charge is 2.31. The Morgan fingerprint density at radius 1 is 1.38 bits per heavy atom. The smallest absolute Gasteiger partial charge is 0.331 e. The van der Waals surface area contributed by atoms with E-state index in [0.29, 0.717) is 23.0 Å². The number of amides is 1. The number of sulfone groups is 1. The lowest BCUT2D eigenvalue weighted by Gasteiger charge is -2.13. The van der Waals surface area contributed by atoms with Gasteiger partial charge in [0.15, 0.2) is 16.4 Å². The van der Waals surface area contributed by atoms with E-state index < -0.39 is 28.3 Å². The molecule has 1 fully saturated rings. The van der Waals surface area contributed by atoms with Gasteiger partial charge in [-0.25, -0.2) is 17.9 Å². The Balaban J connectivity index is 1.55. The molecule has 1 aromatic carbocycles. The summed E-state index contributed by atoms with van der Waals surface area (Å²) < 4.78 is 29.9. The van der Waals surface area contributed by atoms with Gasteiger partial charge < -0.3 is 10.1 Å². The Kier molecular flexibility index (Phi) is 6.39. The second kappa shape index (κ2) is 8.79. The van der Waals surface area contributed by atoms with Gasteiger partial charge in [0.05, 0.1) is 23.2 Å². The van der Waals surface area contributed by atoms with Crippen LogP contribution in [-0.2, 0) is 24.2 Å². The van der Waals surface area contributed by atoms with Crippen LogP contribution in [0, 0.1) is 6.92 Å². The van der Waals surface area contributed by atoms with Crippen LogP contribution in [-0.4, -0.2) is 48.2 Å². The maximum absolute atomic E-state index is 12.2. The number of esters is 1. The molecule has 154 valence electrons. The SMILES string of the molecule is Cc1cc(NC(=O)COC(=O)/C=C/c2cccc(Cl)c2)n(C2CCS(=O)(=O)C2)n1. The number of hydrogen-bond donors (Lipinski definition) is 1. The van der Waals surface area contributed by atoms with Gasteiger partial charge in [-0.15, -0.1) is 0 Å². The highest BCUT2D eigenvalue weighted by molar-refractivity contribution is 7.91. The van der Waals surface area contributed by atoms with E-state index in [0.717, 1.165) is 5.56 Å². The van der Waals surface area contributed by atoms with Crippen LogP contribution in [0.1, 0.15) is 23.7 Å². The van der Waals surface area contributed by atoms with Crippen LogP contribution >= 0.6 is 11.6 Å². The molecule has 1 amide bonds. The number of rotatable bonds is 6. The van der Waals surface area contributed by atoms with Crippen molar-refractivity contribution in [3.05, 3.63) is 52.7 Å². The Morgan fingerprint density at radius 2 is 2.17 bits per heavy atom. The molecule has 1 unspecified atom stereocenters. The Hall–Kier alpha value is -2.65. The summed E-state index contributed by atoms with van der Waals surface area (Å²) in [6.45, 7) is 1.27. The quantitative estimate of drug-likeness (QED) is 0.549. The lowest BCUT2D eigenvalue weighted by molar-refractivity contribution is -0.142. The van der Waals surface area contributed by atoms with Gasteiger partial charge in [0, 0.05) is 17.2 Å². The second-order valence-corrected chi connectivity index (χ2v) is 9.38. The Bertz CT molecular complexity index is 1060.